The van der Waals surface area contributed by atoms with E-state index in [1.54, 1.807) is 0 Å². The Morgan fingerprint density at radius 1 is 1.50 bits per heavy atom. The SMILES string of the molecule is SCC#Cc1ccc(Br)c(Cl)c1. The van der Waals surface area contributed by atoms with Crippen LogP contribution >= 0.6 is 40.2 Å². The van der Waals surface area contributed by atoms with Crippen LogP contribution in [0.2, 0.25) is 5.02 Å². The zero-order chi connectivity index (χ0) is 8.97. The van der Waals surface area contributed by atoms with Crippen molar-refractivity contribution in [3.63, 3.8) is 0 Å². The number of hydrogen-bond acceptors (Lipinski definition) is 1. The molecule has 0 atom stereocenters. The smallest absolute Gasteiger partial charge is 0.0560 e. The van der Waals surface area contributed by atoms with Gasteiger partial charge in [-0.05, 0) is 34.1 Å². The van der Waals surface area contributed by atoms with E-state index >= 15 is 0 Å². The van der Waals surface area contributed by atoms with Crippen molar-refractivity contribution in [1.29, 1.82) is 0 Å². The van der Waals surface area contributed by atoms with Crippen molar-refractivity contribution in [1.82, 2.24) is 0 Å². The van der Waals surface area contributed by atoms with Crippen molar-refractivity contribution in [2.24, 2.45) is 0 Å². The summed E-state index contributed by atoms with van der Waals surface area (Å²) in [5.41, 5.74) is 0.914. The van der Waals surface area contributed by atoms with Gasteiger partial charge in [0.05, 0.1) is 10.8 Å². The Bertz CT molecular complexity index is 338. The molecule has 1 aromatic carbocycles. The molecule has 1 rings (SSSR count). The lowest BCUT2D eigenvalue weighted by molar-refractivity contribution is 1.60. The highest BCUT2D eigenvalue weighted by Crippen LogP contribution is 2.22. The molecule has 1 aromatic rings. The summed E-state index contributed by atoms with van der Waals surface area (Å²) in [5.74, 6) is 6.35. The Morgan fingerprint density at radius 3 is 2.83 bits per heavy atom. The lowest BCUT2D eigenvalue weighted by Gasteiger charge is -1.94. The van der Waals surface area contributed by atoms with Gasteiger partial charge in [-0.3, -0.25) is 0 Å². The van der Waals surface area contributed by atoms with Crippen LogP contribution in [0.25, 0.3) is 0 Å². The third-order valence-corrected chi connectivity index (χ3v) is 2.62. The molecule has 0 aliphatic heterocycles. The van der Waals surface area contributed by atoms with Crippen LogP contribution < -0.4 is 0 Å². The van der Waals surface area contributed by atoms with Gasteiger partial charge < -0.3 is 0 Å². The van der Waals surface area contributed by atoms with E-state index in [2.05, 4.69) is 40.4 Å². The van der Waals surface area contributed by atoms with Gasteiger partial charge in [-0.15, -0.1) is 0 Å². The quantitative estimate of drug-likeness (QED) is 0.537. The first kappa shape index (κ1) is 9.98. The fourth-order valence-electron chi connectivity index (χ4n) is 0.715. The first-order valence-electron chi connectivity index (χ1n) is 3.29. The van der Waals surface area contributed by atoms with Crippen molar-refractivity contribution < 1.29 is 0 Å². The molecule has 0 saturated heterocycles. The van der Waals surface area contributed by atoms with Crippen molar-refractivity contribution in [2.75, 3.05) is 5.75 Å². The highest BCUT2D eigenvalue weighted by atomic mass is 79.9. The number of thiol groups is 1. The van der Waals surface area contributed by atoms with Gasteiger partial charge >= 0.3 is 0 Å². The largest absolute Gasteiger partial charge is 0.166 e. The number of benzene rings is 1. The van der Waals surface area contributed by atoms with Crippen LogP contribution in [0.15, 0.2) is 22.7 Å². The van der Waals surface area contributed by atoms with Crippen molar-refractivity contribution >= 4 is 40.2 Å². The van der Waals surface area contributed by atoms with Gasteiger partial charge in [0.1, 0.15) is 0 Å². The normalized spacial score (nSPS) is 8.92. The van der Waals surface area contributed by atoms with Crippen LogP contribution in [0.3, 0.4) is 0 Å². The predicted octanol–water partition coefficient (Wildman–Crippen LogP) is 3.38. The lowest BCUT2D eigenvalue weighted by Crippen LogP contribution is -1.75. The summed E-state index contributed by atoms with van der Waals surface area (Å²) >= 11 is 13.1. The first-order valence-corrected chi connectivity index (χ1v) is 5.09. The van der Waals surface area contributed by atoms with Gasteiger partial charge in [-0.2, -0.15) is 12.6 Å². The van der Waals surface area contributed by atoms with Crippen molar-refractivity contribution in [3.8, 4) is 11.8 Å². The molecule has 12 heavy (non-hydrogen) atoms. The van der Waals surface area contributed by atoms with Crippen LogP contribution in [0.4, 0.5) is 0 Å². The summed E-state index contributed by atoms with van der Waals surface area (Å²) in [6, 6.07) is 5.61. The maximum absolute atomic E-state index is 5.86. The van der Waals surface area contributed by atoms with Crippen LogP contribution in [-0.4, -0.2) is 5.75 Å². The summed E-state index contributed by atoms with van der Waals surface area (Å²) in [7, 11) is 0. The second-order valence-electron chi connectivity index (χ2n) is 2.09. The monoisotopic (exact) mass is 260 g/mol. The van der Waals surface area contributed by atoms with Gasteiger partial charge in [0.25, 0.3) is 0 Å². The maximum atomic E-state index is 5.86. The van der Waals surface area contributed by atoms with E-state index in [1.807, 2.05) is 18.2 Å². The zero-order valence-electron chi connectivity index (χ0n) is 6.14. The molecule has 0 N–H and O–H groups in total. The van der Waals surface area contributed by atoms with Gasteiger partial charge in [0, 0.05) is 10.0 Å². The molecule has 0 aliphatic rings. The third-order valence-electron chi connectivity index (χ3n) is 1.23. The van der Waals surface area contributed by atoms with E-state index in [1.165, 1.54) is 0 Å². The highest BCUT2D eigenvalue weighted by molar-refractivity contribution is 9.10. The second-order valence-corrected chi connectivity index (χ2v) is 3.67. The topological polar surface area (TPSA) is 0 Å². The minimum Gasteiger partial charge on any atom is -0.166 e. The van der Waals surface area contributed by atoms with Gasteiger partial charge in [-0.1, -0.05) is 23.4 Å². The van der Waals surface area contributed by atoms with Crippen LogP contribution in [0.5, 0.6) is 0 Å². The molecule has 0 saturated carbocycles. The van der Waals surface area contributed by atoms with E-state index in [-0.39, 0.29) is 0 Å². The summed E-state index contributed by atoms with van der Waals surface area (Å²) in [5, 5.41) is 0.681. The number of halogens is 2. The van der Waals surface area contributed by atoms with Crippen LogP contribution in [-0.2, 0) is 0 Å². The Balaban J connectivity index is 2.97. The van der Waals surface area contributed by atoms with E-state index in [0.717, 1.165) is 10.0 Å². The number of rotatable bonds is 0. The average molecular weight is 262 g/mol. The minimum atomic E-state index is 0.563. The molecule has 0 radical (unpaired) electrons. The zero-order valence-corrected chi connectivity index (χ0v) is 9.38. The Labute approximate surface area is 90.9 Å². The fraction of sp³-hybridized carbons (Fsp3) is 0.111. The van der Waals surface area contributed by atoms with Gasteiger partial charge in [-0.25, -0.2) is 0 Å². The molecule has 0 amide bonds. The minimum absolute atomic E-state index is 0.563. The summed E-state index contributed by atoms with van der Waals surface area (Å²) in [4.78, 5) is 0. The average Bonchev–Trinajstić information content (AvgIpc) is 2.07. The molecular formula is C9H6BrClS. The molecule has 0 unspecified atom stereocenters. The Morgan fingerprint density at radius 2 is 2.25 bits per heavy atom. The summed E-state index contributed by atoms with van der Waals surface area (Å²) in [6.45, 7) is 0. The molecule has 0 bridgehead atoms. The molecule has 0 nitrogen and oxygen atoms in total. The lowest BCUT2D eigenvalue weighted by atomic mass is 10.2. The molecule has 0 fully saturated rings. The summed E-state index contributed by atoms with van der Waals surface area (Å²) in [6.07, 6.45) is 0. The van der Waals surface area contributed by atoms with Gasteiger partial charge in [0.2, 0.25) is 0 Å². The van der Waals surface area contributed by atoms with Crippen LogP contribution in [0, 0.1) is 11.8 Å². The Hall–Kier alpha value is -0.100. The second kappa shape index (κ2) is 4.81. The molecular weight excluding hydrogens is 256 g/mol. The van der Waals surface area contributed by atoms with Crippen molar-refractivity contribution in [3.05, 3.63) is 33.3 Å². The van der Waals surface area contributed by atoms with Crippen LogP contribution in [0.1, 0.15) is 5.56 Å². The van der Waals surface area contributed by atoms with E-state index < -0.39 is 0 Å². The number of hydrogen-bond donors (Lipinski definition) is 1. The maximum Gasteiger partial charge on any atom is 0.0560 e. The highest BCUT2D eigenvalue weighted by Gasteiger charge is 1.95. The van der Waals surface area contributed by atoms with Gasteiger partial charge in [0.15, 0.2) is 0 Å². The van der Waals surface area contributed by atoms with E-state index in [4.69, 9.17) is 11.6 Å². The predicted molar refractivity (Wildman–Crippen MR) is 59.9 cm³/mol. The third kappa shape index (κ3) is 2.75. The molecule has 0 heterocycles. The molecule has 0 aromatic heterocycles. The molecule has 0 spiro atoms. The molecule has 3 heteroatoms. The Kier molecular flexibility index (Phi) is 4.00. The summed E-state index contributed by atoms with van der Waals surface area (Å²) < 4.78 is 0.889. The standard InChI is InChI=1S/C9H6BrClS/c10-8-4-3-7(2-1-5-12)6-9(8)11/h3-4,6,12H,5H2. The molecule has 0 aliphatic carbocycles. The first-order chi connectivity index (χ1) is 5.74. The van der Waals surface area contributed by atoms with E-state index in [0.29, 0.717) is 10.8 Å². The van der Waals surface area contributed by atoms with E-state index in [9.17, 15) is 0 Å². The van der Waals surface area contributed by atoms with Crippen molar-refractivity contribution in [2.45, 2.75) is 0 Å². The fourth-order valence-corrected chi connectivity index (χ4v) is 1.22. The molecule has 62 valence electrons.